The average Bonchev–Trinajstić information content (AvgIpc) is 2.99. The van der Waals surface area contributed by atoms with E-state index in [1.165, 1.54) is 0 Å². The number of hydrogen-bond donors (Lipinski definition) is 3. The third-order valence-electron chi connectivity index (χ3n) is 4.05. The van der Waals surface area contributed by atoms with Gasteiger partial charge in [-0.05, 0) is 39.3 Å². The van der Waals surface area contributed by atoms with Crippen LogP contribution in [0.5, 0.6) is 0 Å². The highest BCUT2D eigenvalue weighted by Gasteiger charge is 2.18. The third kappa shape index (κ3) is 4.24. The van der Waals surface area contributed by atoms with E-state index in [0.29, 0.717) is 30.8 Å². The van der Waals surface area contributed by atoms with Crippen molar-refractivity contribution in [1.82, 2.24) is 24.9 Å². The van der Waals surface area contributed by atoms with E-state index in [-0.39, 0.29) is 0 Å². The van der Waals surface area contributed by atoms with Crippen LogP contribution < -0.4 is 16.5 Å². The summed E-state index contributed by atoms with van der Waals surface area (Å²) in [5.41, 5.74) is 11.9. The minimum atomic E-state index is -0.504. The zero-order chi connectivity index (χ0) is 20.3. The lowest BCUT2D eigenvalue weighted by atomic mass is 10.2. The number of pyridine rings is 2. The molecule has 150 valence electrons. The maximum Gasteiger partial charge on any atom is 0.407 e. The molecule has 0 aliphatic heterocycles. The van der Waals surface area contributed by atoms with Crippen molar-refractivity contribution >= 4 is 34.0 Å². The molecule has 0 aliphatic rings. The van der Waals surface area contributed by atoms with Crippen LogP contribution in [0.3, 0.4) is 0 Å². The van der Waals surface area contributed by atoms with Crippen LogP contribution >= 0.6 is 0 Å². The molecule has 0 aliphatic carbocycles. The first kappa shape index (κ1) is 19.7. The first-order chi connectivity index (χ1) is 13.3. The molecule has 0 fully saturated rings. The van der Waals surface area contributed by atoms with Gasteiger partial charge in [-0.2, -0.15) is 0 Å². The molecular formula is C19H27N7O2. The topological polar surface area (TPSA) is 120 Å². The second-order valence-corrected chi connectivity index (χ2v) is 7.47. The number of carbonyl (C=O) groups is 1. The number of nitrogens with zero attached hydrogens (tertiary/aromatic N) is 4. The number of anilines is 1. The molecule has 3 aromatic heterocycles. The van der Waals surface area contributed by atoms with Gasteiger partial charge in [0.2, 0.25) is 0 Å². The normalized spacial score (nSPS) is 11.7. The fourth-order valence-corrected chi connectivity index (χ4v) is 2.91. The lowest BCUT2D eigenvalue weighted by Gasteiger charge is -2.19. The van der Waals surface area contributed by atoms with E-state index in [9.17, 15) is 4.79 Å². The lowest BCUT2D eigenvalue weighted by Crippen LogP contribution is -2.33. The number of nitrogens with one attached hydrogen (secondary N) is 2. The summed E-state index contributed by atoms with van der Waals surface area (Å²) in [5, 5.41) is 2.76. The highest BCUT2D eigenvalue weighted by atomic mass is 16.6. The van der Waals surface area contributed by atoms with Crippen molar-refractivity contribution in [2.24, 2.45) is 0 Å². The molecule has 0 aromatic carbocycles. The Balaban J connectivity index is 1.73. The minimum Gasteiger partial charge on any atom is -0.444 e. The Hall–Kier alpha value is -3.10. The zero-order valence-corrected chi connectivity index (χ0v) is 16.7. The summed E-state index contributed by atoms with van der Waals surface area (Å²) in [6, 6.07) is 3.71. The van der Waals surface area contributed by atoms with Gasteiger partial charge >= 0.3 is 6.09 Å². The van der Waals surface area contributed by atoms with Crippen LogP contribution in [-0.4, -0.2) is 44.4 Å². The molecular weight excluding hydrogens is 358 g/mol. The summed E-state index contributed by atoms with van der Waals surface area (Å²) in [5.74, 6) is 1.24. The largest absolute Gasteiger partial charge is 0.444 e. The highest BCUT2D eigenvalue weighted by molar-refractivity contribution is 6.04. The zero-order valence-electron chi connectivity index (χ0n) is 16.7. The van der Waals surface area contributed by atoms with E-state index in [0.717, 1.165) is 28.8 Å². The van der Waals surface area contributed by atoms with Gasteiger partial charge in [-0.3, -0.25) is 4.98 Å². The molecule has 0 saturated carbocycles. The van der Waals surface area contributed by atoms with E-state index in [1.54, 1.807) is 6.20 Å². The number of aryl methyl sites for hydroxylation is 1. The number of nitrogen functional groups attached to an aromatic ring is 1. The van der Waals surface area contributed by atoms with Gasteiger partial charge in [-0.25, -0.2) is 19.4 Å². The van der Waals surface area contributed by atoms with Gasteiger partial charge in [0.15, 0.2) is 5.82 Å². The minimum absolute atomic E-state index is 0.386. The summed E-state index contributed by atoms with van der Waals surface area (Å²) in [6.07, 6.45) is 2.76. The van der Waals surface area contributed by atoms with Gasteiger partial charge in [0, 0.05) is 25.7 Å². The highest BCUT2D eigenvalue weighted by Crippen LogP contribution is 2.26. The standard InChI is InChI=1S/C19H27N7O2/c1-5-13-25-15-16(14-12(24-17(15)20)8-6-9-21-14)26(13)23-11-7-10-22-18(27)28-19(2,3)4/h6,8-9,23H,5,7,10-11H2,1-4H3,(H2,20,24)(H,22,27). The Kier molecular flexibility index (Phi) is 5.53. The Morgan fingerprint density at radius 3 is 2.75 bits per heavy atom. The van der Waals surface area contributed by atoms with Crippen molar-refractivity contribution in [2.45, 2.75) is 46.1 Å². The van der Waals surface area contributed by atoms with Crippen LogP contribution in [0.4, 0.5) is 10.6 Å². The number of ether oxygens (including phenoxy) is 1. The number of alkyl carbamates (subject to hydrolysis) is 1. The van der Waals surface area contributed by atoms with Crippen LogP contribution in [0, 0.1) is 0 Å². The van der Waals surface area contributed by atoms with Gasteiger partial charge in [0.1, 0.15) is 28.0 Å². The van der Waals surface area contributed by atoms with Crippen LogP contribution in [0.15, 0.2) is 18.3 Å². The van der Waals surface area contributed by atoms with Crippen LogP contribution in [-0.2, 0) is 11.2 Å². The molecule has 0 bridgehead atoms. The van der Waals surface area contributed by atoms with Gasteiger partial charge in [-0.15, -0.1) is 0 Å². The van der Waals surface area contributed by atoms with E-state index in [2.05, 4.69) is 25.7 Å². The quantitative estimate of drug-likeness (QED) is 0.558. The van der Waals surface area contributed by atoms with Crippen LogP contribution in [0.1, 0.15) is 39.9 Å². The molecule has 0 saturated heterocycles. The fraction of sp³-hybridized carbons (Fsp3) is 0.474. The molecule has 9 nitrogen and oxygen atoms in total. The number of hydrogen-bond acceptors (Lipinski definition) is 7. The van der Waals surface area contributed by atoms with Crippen molar-refractivity contribution in [2.75, 3.05) is 24.2 Å². The second kappa shape index (κ2) is 7.87. The predicted octanol–water partition coefficient (Wildman–Crippen LogP) is 2.58. The molecule has 3 rings (SSSR count). The monoisotopic (exact) mass is 385 g/mol. The molecule has 0 radical (unpaired) electrons. The van der Waals surface area contributed by atoms with E-state index in [4.69, 9.17) is 10.5 Å². The number of fused-ring (bicyclic) bond motifs is 3. The SMILES string of the molecule is CCc1nc2c(N)nc3cccnc3c2n1NCCCNC(=O)OC(C)(C)C. The second-order valence-electron chi connectivity index (χ2n) is 7.47. The molecule has 4 N–H and O–H groups in total. The number of carbonyl (C=O) groups excluding carboxylic acids is 1. The Morgan fingerprint density at radius 2 is 2.04 bits per heavy atom. The fourth-order valence-electron chi connectivity index (χ4n) is 2.91. The van der Waals surface area contributed by atoms with E-state index < -0.39 is 11.7 Å². The summed E-state index contributed by atoms with van der Waals surface area (Å²) < 4.78 is 7.16. The number of amides is 1. The molecule has 0 unspecified atom stereocenters. The van der Waals surface area contributed by atoms with Crippen LogP contribution in [0.2, 0.25) is 0 Å². The van der Waals surface area contributed by atoms with E-state index >= 15 is 0 Å². The molecule has 9 heteroatoms. The maximum absolute atomic E-state index is 11.7. The summed E-state index contributed by atoms with van der Waals surface area (Å²) in [4.78, 5) is 25.2. The predicted molar refractivity (Wildman–Crippen MR) is 110 cm³/mol. The van der Waals surface area contributed by atoms with Crippen molar-refractivity contribution in [3.63, 3.8) is 0 Å². The molecule has 3 aromatic rings. The van der Waals surface area contributed by atoms with Crippen LogP contribution in [0.25, 0.3) is 22.1 Å². The van der Waals surface area contributed by atoms with Crippen molar-refractivity contribution < 1.29 is 9.53 Å². The van der Waals surface area contributed by atoms with Crippen molar-refractivity contribution in [3.8, 4) is 0 Å². The lowest BCUT2D eigenvalue weighted by molar-refractivity contribution is 0.0527. The average molecular weight is 385 g/mol. The maximum atomic E-state index is 11.7. The number of nitrogens with two attached hydrogens (primary N) is 1. The molecule has 3 heterocycles. The van der Waals surface area contributed by atoms with Gasteiger partial charge in [-0.1, -0.05) is 6.92 Å². The Labute approximate surface area is 163 Å². The van der Waals surface area contributed by atoms with Gasteiger partial charge in [0.25, 0.3) is 0 Å². The first-order valence-electron chi connectivity index (χ1n) is 9.42. The Bertz CT molecular complexity index is 991. The summed E-state index contributed by atoms with van der Waals surface area (Å²) in [7, 11) is 0. The molecule has 28 heavy (non-hydrogen) atoms. The first-order valence-corrected chi connectivity index (χ1v) is 9.42. The number of rotatable bonds is 6. The molecule has 0 spiro atoms. The smallest absolute Gasteiger partial charge is 0.407 e. The molecule has 1 amide bonds. The number of imidazole rings is 1. The molecule has 0 atom stereocenters. The van der Waals surface area contributed by atoms with Crippen molar-refractivity contribution in [3.05, 3.63) is 24.2 Å². The van der Waals surface area contributed by atoms with Crippen molar-refractivity contribution in [1.29, 1.82) is 0 Å². The Morgan fingerprint density at radius 1 is 1.25 bits per heavy atom. The summed E-state index contributed by atoms with van der Waals surface area (Å²) >= 11 is 0. The van der Waals surface area contributed by atoms with Gasteiger partial charge in [0.05, 0.1) is 5.52 Å². The van der Waals surface area contributed by atoms with E-state index in [1.807, 2.05) is 44.5 Å². The third-order valence-corrected chi connectivity index (χ3v) is 4.05. The van der Waals surface area contributed by atoms with Gasteiger partial charge < -0.3 is 21.2 Å². The number of aromatic nitrogens is 4. The summed E-state index contributed by atoms with van der Waals surface area (Å²) in [6.45, 7) is 8.67.